The zero-order chi connectivity index (χ0) is 60.5. The maximum Gasteiger partial charge on any atom is 0.361 e. The average molecular weight is 1170 g/mol. The van der Waals surface area contributed by atoms with Gasteiger partial charge in [-0.3, -0.25) is 9.59 Å². The summed E-state index contributed by atoms with van der Waals surface area (Å²) in [4.78, 5) is 37.6. The molecule has 2 atom stereocenters. The summed E-state index contributed by atoms with van der Waals surface area (Å²) in [6.07, 6.45) is 81.0. The van der Waals surface area contributed by atoms with Crippen LogP contribution in [0.3, 0.4) is 0 Å². The lowest BCUT2D eigenvalue weighted by Crippen LogP contribution is -2.40. The van der Waals surface area contributed by atoms with Gasteiger partial charge in [0.05, 0.1) is 34.4 Å². The summed E-state index contributed by atoms with van der Waals surface area (Å²) < 4.78 is 23.0. The van der Waals surface area contributed by atoms with Crippen molar-refractivity contribution < 1.29 is 42.9 Å². The Morgan fingerprint density at radius 1 is 0.361 bits per heavy atom. The number of likely N-dealkylation sites (N-methyl/N-ethyl adjacent to an activating group) is 1. The molecule has 83 heavy (non-hydrogen) atoms. The summed E-state index contributed by atoms with van der Waals surface area (Å²) >= 11 is 0. The van der Waals surface area contributed by atoms with E-state index in [1.54, 1.807) is 0 Å². The van der Waals surface area contributed by atoms with Gasteiger partial charge in [0, 0.05) is 12.8 Å². The fourth-order valence-corrected chi connectivity index (χ4v) is 10.5. The number of hydrogen-bond acceptors (Lipinski definition) is 7. The van der Waals surface area contributed by atoms with E-state index in [4.69, 9.17) is 18.9 Å². The molecule has 0 fully saturated rings. The number of unbranched alkanes of at least 4 members (excludes halogenated alkanes) is 44. The number of carboxylic acids is 1. The smallest absolute Gasteiger partial charge is 0.361 e. The van der Waals surface area contributed by atoms with Crippen molar-refractivity contribution in [1.82, 2.24) is 0 Å². The monoisotopic (exact) mass is 1170 g/mol. The highest BCUT2D eigenvalue weighted by atomic mass is 16.7. The molecule has 0 aliphatic rings. The van der Waals surface area contributed by atoms with Crippen molar-refractivity contribution in [2.75, 3.05) is 47.5 Å². The lowest BCUT2D eigenvalue weighted by atomic mass is 10.0. The maximum atomic E-state index is 12.9. The number of rotatable bonds is 67. The second-order valence-electron chi connectivity index (χ2n) is 25.5. The van der Waals surface area contributed by atoms with Gasteiger partial charge < -0.3 is 28.5 Å². The Hall–Kier alpha value is -2.75. The quantitative estimate of drug-likeness (QED) is 0.0211. The Kier molecular flexibility index (Phi) is 63.1. The third-order valence-corrected chi connectivity index (χ3v) is 16.1. The molecule has 0 bridgehead atoms. The van der Waals surface area contributed by atoms with E-state index >= 15 is 0 Å². The Balaban J connectivity index is 3.96. The van der Waals surface area contributed by atoms with E-state index in [0.29, 0.717) is 17.4 Å². The summed E-state index contributed by atoms with van der Waals surface area (Å²) in [5.74, 6) is -1.99. The van der Waals surface area contributed by atoms with E-state index in [2.05, 4.69) is 62.5 Å². The molecule has 0 aromatic rings. The maximum absolute atomic E-state index is 12.9. The van der Waals surface area contributed by atoms with Crippen molar-refractivity contribution in [3.63, 3.8) is 0 Å². The lowest BCUT2D eigenvalue weighted by Gasteiger charge is -2.25. The van der Waals surface area contributed by atoms with Gasteiger partial charge >= 0.3 is 17.9 Å². The summed E-state index contributed by atoms with van der Waals surface area (Å²) in [7, 11) is 5.98. The molecule has 0 radical (unpaired) electrons. The molecule has 0 aliphatic carbocycles. The van der Waals surface area contributed by atoms with Gasteiger partial charge in [-0.25, -0.2) is 4.79 Å². The third-order valence-electron chi connectivity index (χ3n) is 16.1. The molecule has 0 amide bonds. The second-order valence-corrected chi connectivity index (χ2v) is 25.5. The van der Waals surface area contributed by atoms with Gasteiger partial charge in [0.15, 0.2) is 6.10 Å². The normalized spacial score (nSPS) is 12.9. The van der Waals surface area contributed by atoms with Crippen LogP contribution in [0.25, 0.3) is 0 Å². The van der Waals surface area contributed by atoms with Crippen molar-refractivity contribution in [2.24, 2.45) is 0 Å². The number of ether oxygens (including phenoxy) is 4. The predicted molar refractivity (Wildman–Crippen MR) is 355 cm³/mol. The highest BCUT2D eigenvalue weighted by molar-refractivity contribution is 5.71. The van der Waals surface area contributed by atoms with Gasteiger partial charge in [0.1, 0.15) is 13.2 Å². The summed E-state index contributed by atoms with van der Waals surface area (Å²) in [5, 5.41) is 9.74. The van der Waals surface area contributed by atoms with Crippen molar-refractivity contribution in [2.45, 2.75) is 360 Å². The molecule has 2 unspecified atom stereocenters. The number of allylic oxidation sites excluding steroid dienone is 8. The Bertz CT molecular complexity index is 1500. The van der Waals surface area contributed by atoms with Crippen LogP contribution in [0.1, 0.15) is 348 Å². The molecule has 9 heteroatoms. The predicted octanol–water partition coefficient (Wildman–Crippen LogP) is 22.1. The summed E-state index contributed by atoms with van der Waals surface area (Å²) in [6, 6.07) is 0. The molecule has 0 aliphatic heterocycles. The number of carbonyl (C=O) groups excluding carboxylic acids is 2. The standard InChI is InChI=1S/C74H137NO8/c1-6-8-10-12-14-16-18-20-22-24-26-27-28-29-30-31-32-33-34-35-36-37-38-39-40-41-42-43-44-45-47-49-51-53-55-57-59-61-63-65-72(77)83-70(69-82-74(73(78)79)80-67-66-75(3,4)5)68-81-71(76)64-62-60-58-56-54-52-50-48-46-25-23-21-19-17-15-13-11-9-7-2/h15,17-18,20-21,23-24,26,70,74H,6-14,16,19,22,25,27-69H2,1-5H3/p+1/b17-15-,20-18-,23-21-,26-24-. The third kappa shape index (κ3) is 66.6. The molecule has 0 saturated carbocycles. The number of nitrogens with zero attached hydrogens (tertiary/aromatic N) is 1. The Labute approximate surface area is 514 Å². The summed E-state index contributed by atoms with van der Waals surface area (Å²) in [6.45, 7) is 4.89. The van der Waals surface area contributed by atoms with Crippen LogP contribution in [0.4, 0.5) is 0 Å². The van der Waals surface area contributed by atoms with Crippen LogP contribution in [-0.2, 0) is 33.3 Å². The molecular weight excluding hydrogens is 1030 g/mol. The van der Waals surface area contributed by atoms with Crippen molar-refractivity contribution in [3.8, 4) is 0 Å². The topological polar surface area (TPSA) is 108 Å². The first-order valence-corrected chi connectivity index (χ1v) is 35.8. The van der Waals surface area contributed by atoms with E-state index in [1.165, 1.54) is 270 Å². The van der Waals surface area contributed by atoms with Gasteiger partial charge in [-0.2, -0.15) is 0 Å². The number of esters is 2. The van der Waals surface area contributed by atoms with Gasteiger partial charge in [-0.1, -0.05) is 306 Å². The van der Waals surface area contributed by atoms with Crippen molar-refractivity contribution in [1.29, 1.82) is 0 Å². The zero-order valence-corrected chi connectivity index (χ0v) is 55.6. The molecule has 486 valence electrons. The van der Waals surface area contributed by atoms with Gasteiger partial charge in [0.25, 0.3) is 6.29 Å². The van der Waals surface area contributed by atoms with Crippen LogP contribution in [0.2, 0.25) is 0 Å². The van der Waals surface area contributed by atoms with Gasteiger partial charge in [0.2, 0.25) is 0 Å². The highest BCUT2D eigenvalue weighted by Crippen LogP contribution is 2.18. The molecule has 0 aromatic carbocycles. The Morgan fingerprint density at radius 3 is 0.976 bits per heavy atom. The number of carboxylic acid groups (broad SMARTS) is 1. The first-order valence-electron chi connectivity index (χ1n) is 35.8. The van der Waals surface area contributed by atoms with E-state index in [1.807, 2.05) is 21.1 Å². The van der Waals surface area contributed by atoms with Gasteiger partial charge in [-0.15, -0.1) is 0 Å². The van der Waals surface area contributed by atoms with E-state index in [-0.39, 0.29) is 38.2 Å². The van der Waals surface area contributed by atoms with E-state index in [0.717, 1.165) is 51.4 Å². The van der Waals surface area contributed by atoms with Crippen LogP contribution >= 0.6 is 0 Å². The van der Waals surface area contributed by atoms with Crippen LogP contribution in [0.15, 0.2) is 48.6 Å². The Morgan fingerprint density at radius 2 is 0.651 bits per heavy atom. The fourth-order valence-electron chi connectivity index (χ4n) is 10.5. The minimum Gasteiger partial charge on any atom is -0.477 e. The van der Waals surface area contributed by atoms with Crippen LogP contribution in [0.5, 0.6) is 0 Å². The highest BCUT2D eigenvalue weighted by Gasteiger charge is 2.25. The minimum absolute atomic E-state index is 0.181. The minimum atomic E-state index is -1.51. The number of aliphatic carboxylic acids is 1. The molecular formula is C74H138NO8+. The second kappa shape index (κ2) is 65.2. The van der Waals surface area contributed by atoms with Gasteiger partial charge in [-0.05, 0) is 77.0 Å². The van der Waals surface area contributed by atoms with Crippen LogP contribution in [0, 0.1) is 0 Å². The van der Waals surface area contributed by atoms with Crippen LogP contribution in [-0.4, -0.2) is 87.4 Å². The largest absolute Gasteiger partial charge is 0.477 e. The number of carbonyl (C=O) groups is 3. The average Bonchev–Trinajstić information content (AvgIpc) is 3.46. The first kappa shape index (κ1) is 80.2. The molecule has 0 aromatic heterocycles. The molecule has 0 spiro atoms. The fraction of sp³-hybridized carbons (Fsp3) is 0.851. The molecule has 1 N–H and O–H groups in total. The van der Waals surface area contributed by atoms with E-state index in [9.17, 15) is 19.5 Å². The number of hydrogen-bond donors (Lipinski definition) is 1. The SMILES string of the molecule is CCCCC/C=C\C/C=C\CCCCCCCCCCCC(=O)OCC(COC(OCC[N+](C)(C)C)C(=O)O)OC(=O)CCCCCCCCCCCCCCCCCCCCCCCCCCCCC/C=C\C/C=C\CCCCCCC. The van der Waals surface area contributed by atoms with Crippen molar-refractivity contribution >= 4 is 17.9 Å². The van der Waals surface area contributed by atoms with E-state index < -0.39 is 18.4 Å². The molecule has 9 nitrogen and oxygen atoms in total. The summed E-state index contributed by atoms with van der Waals surface area (Å²) in [5.41, 5.74) is 0. The molecule has 0 saturated heterocycles. The first-order chi connectivity index (χ1) is 40.6. The molecule has 0 heterocycles. The lowest BCUT2D eigenvalue weighted by molar-refractivity contribution is -0.870. The van der Waals surface area contributed by atoms with Crippen molar-refractivity contribution in [3.05, 3.63) is 48.6 Å². The zero-order valence-electron chi connectivity index (χ0n) is 55.6. The van der Waals surface area contributed by atoms with Crippen LogP contribution < -0.4 is 0 Å². The number of quaternary nitrogens is 1. The molecule has 0 rings (SSSR count).